The number of fused-ring (bicyclic) bond motifs is 3. The van der Waals surface area contributed by atoms with E-state index in [-0.39, 0.29) is 30.2 Å². The minimum absolute atomic E-state index is 0.00631. The first-order valence-electron chi connectivity index (χ1n) is 9.18. The van der Waals surface area contributed by atoms with Gasteiger partial charge in [-0.1, -0.05) is 35.9 Å². The first kappa shape index (κ1) is 18.5. The molecule has 0 radical (unpaired) electrons. The molecule has 4 rings (SSSR count). The van der Waals surface area contributed by atoms with E-state index < -0.39 is 10.9 Å². The summed E-state index contributed by atoms with van der Waals surface area (Å²) in [5.74, 6) is -0.133. The summed E-state index contributed by atoms with van der Waals surface area (Å²) in [7, 11) is 0. The number of benzene rings is 2. The van der Waals surface area contributed by atoms with E-state index >= 15 is 0 Å². The minimum atomic E-state index is -0.426. The van der Waals surface area contributed by atoms with Crippen LogP contribution in [0.15, 0.2) is 48.6 Å². The zero-order valence-corrected chi connectivity index (χ0v) is 16.0. The molecule has 0 spiro atoms. The van der Waals surface area contributed by atoms with Gasteiger partial charge in [0.1, 0.15) is 0 Å². The number of nitro benzene ring substituents is 1. The maximum atomic E-state index is 12.5. The molecule has 0 amide bonds. The molecular weight excluding hydrogens is 380 g/mol. The number of non-ortho nitro benzene ring substituents is 1. The lowest BCUT2D eigenvalue weighted by Crippen LogP contribution is -2.30. The largest absolute Gasteiger partial charge is 0.462 e. The van der Waals surface area contributed by atoms with Gasteiger partial charge in [-0.25, -0.2) is 4.79 Å². The fourth-order valence-electron chi connectivity index (χ4n) is 4.19. The third-order valence-electron chi connectivity index (χ3n) is 5.42. The highest BCUT2D eigenvalue weighted by Gasteiger charge is 2.40. The first-order chi connectivity index (χ1) is 13.5. The van der Waals surface area contributed by atoms with E-state index in [2.05, 4.69) is 17.5 Å². The summed E-state index contributed by atoms with van der Waals surface area (Å²) in [6.45, 7) is 2.05. The molecule has 1 aliphatic carbocycles. The van der Waals surface area contributed by atoms with Gasteiger partial charge in [-0.2, -0.15) is 0 Å². The van der Waals surface area contributed by atoms with E-state index in [9.17, 15) is 14.9 Å². The molecule has 1 aliphatic heterocycles. The van der Waals surface area contributed by atoms with Crippen molar-refractivity contribution in [3.8, 4) is 0 Å². The van der Waals surface area contributed by atoms with Gasteiger partial charge in [0.15, 0.2) is 0 Å². The molecule has 0 fully saturated rings. The van der Waals surface area contributed by atoms with Crippen LogP contribution >= 0.6 is 11.6 Å². The number of allylic oxidation sites excluding steroid dienone is 2. The fourth-order valence-corrected chi connectivity index (χ4v) is 4.43. The number of carbonyl (C=O) groups excluding carboxylic acids is 1. The maximum Gasteiger partial charge on any atom is 0.340 e. The van der Waals surface area contributed by atoms with E-state index in [0.29, 0.717) is 21.8 Å². The number of nitrogens with zero attached hydrogens (tertiary/aromatic N) is 1. The van der Waals surface area contributed by atoms with Crippen molar-refractivity contribution in [3.63, 3.8) is 0 Å². The second-order valence-corrected chi connectivity index (χ2v) is 7.34. The standard InChI is InChI=1S/C21H19ClN2O4/c1-2-28-21(25)16-8-4-7-14-13-5-3-6-15(13)20(23-19(14)16)17-11-12(24(26)27)9-10-18(17)22/h3-5,7-11,13,15,20,23H,2,6H2,1H3/t13-,15-,20-/m1/s1. The Bertz CT molecular complexity index is 988. The van der Waals surface area contributed by atoms with Crippen molar-refractivity contribution in [2.24, 2.45) is 5.92 Å². The van der Waals surface area contributed by atoms with Gasteiger partial charge in [0, 0.05) is 28.6 Å². The summed E-state index contributed by atoms with van der Waals surface area (Å²) >= 11 is 6.43. The number of esters is 1. The van der Waals surface area contributed by atoms with Crippen LogP contribution in [0.2, 0.25) is 5.02 Å². The molecule has 3 atom stereocenters. The van der Waals surface area contributed by atoms with Crippen molar-refractivity contribution >= 4 is 28.9 Å². The van der Waals surface area contributed by atoms with Crippen LogP contribution in [0.4, 0.5) is 11.4 Å². The maximum absolute atomic E-state index is 12.5. The average molecular weight is 399 g/mol. The van der Waals surface area contributed by atoms with Crippen molar-refractivity contribution in [2.45, 2.75) is 25.3 Å². The molecule has 0 saturated carbocycles. The predicted octanol–water partition coefficient (Wildman–Crippen LogP) is 5.25. The van der Waals surface area contributed by atoms with Gasteiger partial charge < -0.3 is 10.1 Å². The Morgan fingerprint density at radius 3 is 2.89 bits per heavy atom. The van der Waals surface area contributed by atoms with Gasteiger partial charge in [-0.05, 0) is 37.0 Å². The number of nitrogens with one attached hydrogen (secondary N) is 1. The summed E-state index contributed by atoms with van der Waals surface area (Å²) in [6, 6.07) is 9.82. The van der Waals surface area contributed by atoms with E-state index in [4.69, 9.17) is 16.3 Å². The van der Waals surface area contributed by atoms with Crippen molar-refractivity contribution in [1.82, 2.24) is 0 Å². The Labute approximate surface area is 167 Å². The number of halogens is 1. The molecular formula is C21H19ClN2O4. The Balaban J connectivity index is 1.83. The minimum Gasteiger partial charge on any atom is -0.462 e. The lowest BCUT2D eigenvalue weighted by Gasteiger charge is -2.38. The number of rotatable bonds is 4. The lowest BCUT2D eigenvalue weighted by molar-refractivity contribution is -0.384. The van der Waals surface area contributed by atoms with Gasteiger partial charge in [-0.15, -0.1) is 0 Å². The van der Waals surface area contributed by atoms with Crippen LogP contribution in [0.25, 0.3) is 0 Å². The monoisotopic (exact) mass is 398 g/mol. The highest BCUT2D eigenvalue weighted by atomic mass is 35.5. The summed E-state index contributed by atoms with van der Waals surface area (Å²) < 4.78 is 5.21. The number of carbonyl (C=O) groups is 1. The topological polar surface area (TPSA) is 81.5 Å². The number of nitro groups is 1. The smallest absolute Gasteiger partial charge is 0.340 e. The normalized spacial score (nSPS) is 22.1. The van der Waals surface area contributed by atoms with Crippen LogP contribution in [0.1, 0.15) is 46.8 Å². The first-order valence-corrected chi connectivity index (χ1v) is 9.56. The third kappa shape index (κ3) is 3.03. The van der Waals surface area contributed by atoms with Crippen LogP contribution in [-0.2, 0) is 4.74 Å². The summed E-state index contributed by atoms with van der Waals surface area (Å²) in [5.41, 5.74) is 2.86. The Kier molecular flexibility index (Phi) is 4.81. The van der Waals surface area contributed by atoms with Crippen molar-refractivity contribution < 1.29 is 14.5 Å². The molecule has 0 saturated heterocycles. The highest BCUT2D eigenvalue weighted by molar-refractivity contribution is 6.31. The Morgan fingerprint density at radius 1 is 1.32 bits per heavy atom. The summed E-state index contributed by atoms with van der Waals surface area (Å²) in [5, 5.41) is 15.2. The van der Waals surface area contributed by atoms with Crippen LogP contribution in [0.3, 0.4) is 0 Å². The van der Waals surface area contributed by atoms with Crippen LogP contribution in [0.5, 0.6) is 0 Å². The molecule has 2 aromatic rings. The number of hydrogen-bond acceptors (Lipinski definition) is 5. The van der Waals surface area contributed by atoms with Gasteiger partial charge in [0.05, 0.1) is 28.8 Å². The van der Waals surface area contributed by atoms with E-state index in [0.717, 1.165) is 12.0 Å². The molecule has 1 N–H and O–H groups in total. The average Bonchev–Trinajstić information content (AvgIpc) is 3.17. The van der Waals surface area contributed by atoms with Crippen LogP contribution in [-0.4, -0.2) is 17.5 Å². The molecule has 2 aromatic carbocycles. The van der Waals surface area contributed by atoms with Crippen molar-refractivity contribution in [3.05, 3.63) is 80.4 Å². The van der Waals surface area contributed by atoms with Crippen molar-refractivity contribution in [2.75, 3.05) is 11.9 Å². The SMILES string of the molecule is CCOC(=O)c1cccc2c1N[C@@H](c1cc([N+](=O)[O-])ccc1Cl)[C@@H]1CC=C[C@H]21. The van der Waals surface area contributed by atoms with Gasteiger partial charge in [0.2, 0.25) is 0 Å². The second kappa shape index (κ2) is 7.28. The lowest BCUT2D eigenvalue weighted by atomic mass is 9.76. The van der Waals surface area contributed by atoms with E-state index in [1.807, 2.05) is 12.1 Å². The predicted molar refractivity (Wildman–Crippen MR) is 107 cm³/mol. The van der Waals surface area contributed by atoms with Crippen LogP contribution in [0, 0.1) is 16.0 Å². The van der Waals surface area contributed by atoms with Crippen LogP contribution < -0.4 is 5.32 Å². The number of anilines is 1. The molecule has 1 heterocycles. The van der Waals surface area contributed by atoms with E-state index in [1.54, 1.807) is 19.1 Å². The summed E-state index contributed by atoms with van der Waals surface area (Å²) in [4.78, 5) is 23.3. The molecule has 28 heavy (non-hydrogen) atoms. The molecule has 0 aromatic heterocycles. The Morgan fingerprint density at radius 2 is 2.14 bits per heavy atom. The summed E-state index contributed by atoms with van der Waals surface area (Å²) in [6.07, 6.45) is 5.07. The molecule has 2 aliphatic rings. The fraction of sp³-hybridized carbons (Fsp3) is 0.286. The number of hydrogen-bond donors (Lipinski definition) is 1. The molecule has 0 unspecified atom stereocenters. The number of ether oxygens (including phenoxy) is 1. The number of para-hydroxylation sites is 1. The molecule has 144 valence electrons. The van der Waals surface area contributed by atoms with Gasteiger partial charge >= 0.3 is 5.97 Å². The van der Waals surface area contributed by atoms with E-state index in [1.165, 1.54) is 12.1 Å². The second-order valence-electron chi connectivity index (χ2n) is 6.93. The zero-order valence-electron chi connectivity index (χ0n) is 15.2. The molecule has 0 bridgehead atoms. The Hall–Kier alpha value is -2.86. The highest BCUT2D eigenvalue weighted by Crippen LogP contribution is 2.51. The molecule has 7 heteroatoms. The third-order valence-corrected chi connectivity index (χ3v) is 5.76. The van der Waals surface area contributed by atoms with Gasteiger partial charge in [0.25, 0.3) is 5.69 Å². The zero-order chi connectivity index (χ0) is 19.8. The van der Waals surface area contributed by atoms with Gasteiger partial charge in [-0.3, -0.25) is 10.1 Å². The quantitative estimate of drug-likeness (QED) is 0.329. The van der Waals surface area contributed by atoms with Crippen molar-refractivity contribution in [1.29, 1.82) is 0 Å². The molecule has 6 nitrogen and oxygen atoms in total.